The molecule has 3 N–H and O–H groups in total. The number of aromatic nitrogens is 3. The number of aromatic amines is 2. The van der Waals surface area contributed by atoms with Crippen LogP contribution in [-0.2, 0) is 6.42 Å². The van der Waals surface area contributed by atoms with Crippen LogP contribution in [0, 0.1) is 6.92 Å². The van der Waals surface area contributed by atoms with Gasteiger partial charge in [0.25, 0.3) is 5.56 Å². The van der Waals surface area contributed by atoms with E-state index < -0.39 is 17.1 Å². The summed E-state index contributed by atoms with van der Waals surface area (Å²) in [6.07, 6.45) is 2.48. The fraction of sp³-hybridized carbons (Fsp3) is 0.167. The largest absolute Gasteiger partial charge is 0.497 e. The average Bonchev–Trinajstić information content (AvgIpc) is 3.35. The monoisotopic (exact) mass is 524 g/mol. The van der Waals surface area contributed by atoms with Crippen molar-refractivity contribution in [3.8, 4) is 23.1 Å². The van der Waals surface area contributed by atoms with Gasteiger partial charge in [0.05, 0.1) is 25.6 Å². The fourth-order valence-electron chi connectivity index (χ4n) is 4.51. The Balaban J connectivity index is 1.60. The smallest absolute Gasteiger partial charge is 0.335 e. The summed E-state index contributed by atoms with van der Waals surface area (Å²) in [5.74, 6) is 0.896. The lowest BCUT2D eigenvalue weighted by Crippen LogP contribution is -2.33. The van der Waals surface area contributed by atoms with E-state index in [4.69, 9.17) is 14.5 Å². The number of aliphatic imine (C=N–C) groups is 1. The summed E-state index contributed by atoms with van der Waals surface area (Å²) >= 11 is 0. The van der Waals surface area contributed by atoms with E-state index in [0.29, 0.717) is 30.0 Å². The van der Waals surface area contributed by atoms with E-state index in [-0.39, 0.29) is 11.3 Å². The second kappa shape index (κ2) is 10.7. The average molecular weight is 525 g/mol. The highest BCUT2D eigenvalue weighted by atomic mass is 16.5. The van der Waals surface area contributed by atoms with Crippen molar-refractivity contribution in [3.63, 3.8) is 0 Å². The molecule has 0 saturated heterocycles. The van der Waals surface area contributed by atoms with Crippen molar-refractivity contribution in [1.29, 1.82) is 0 Å². The van der Waals surface area contributed by atoms with Gasteiger partial charge in [0.15, 0.2) is 0 Å². The van der Waals surface area contributed by atoms with Crippen LogP contribution in [0.3, 0.4) is 0 Å². The lowest BCUT2D eigenvalue weighted by atomic mass is 10.0. The first kappa shape index (κ1) is 25.6. The second-order valence-electron chi connectivity index (χ2n) is 9.06. The van der Waals surface area contributed by atoms with Crippen LogP contribution in [0.4, 0.5) is 0 Å². The zero-order valence-corrected chi connectivity index (χ0v) is 21.8. The molecule has 0 aliphatic heterocycles. The predicted molar refractivity (Wildman–Crippen MR) is 151 cm³/mol. The zero-order chi connectivity index (χ0) is 27.5. The van der Waals surface area contributed by atoms with Gasteiger partial charge in [-0.25, -0.2) is 9.36 Å². The molecule has 0 bridgehead atoms. The summed E-state index contributed by atoms with van der Waals surface area (Å²) in [5, 5.41) is 12.3. The summed E-state index contributed by atoms with van der Waals surface area (Å²) in [6.45, 7) is 2.23. The van der Waals surface area contributed by atoms with E-state index in [0.717, 1.165) is 32.3 Å². The van der Waals surface area contributed by atoms with Gasteiger partial charge >= 0.3 is 5.69 Å². The van der Waals surface area contributed by atoms with E-state index in [1.165, 1.54) is 0 Å². The van der Waals surface area contributed by atoms with Crippen molar-refractivity contribution in [1.82, 2.24) is 14.5 Å². The molecule has 5 aromatic rings. The van der Waals surface area contributed by atoms with Crippen LogP contribution in [0.25, 0.3) is 16.6 Å². The third-order valence-electron chi connectivity index (χ3n) is 6.60. The minimum Gasteiger partial charge on any atom is -0.497 e. The molecule has 39 heavy (non-hydrogen) atoms. The molecule has 2 aromatic heterocycles. The highest BCUT2D eigenvalue weighted by Crippen LogP contribution is 2.25. The Bertz CT molecular complexity index is 1780. The molecule has 2 heterocycles. The normalized spacial score (nSPS) is 11.6. The molecular weight excluding hydrogens is 496 g/mol. The zero-order valence-electron chi connectivity index (χ0n) is 21.8. The van der Waals surface area contributed by atoms with Crippen molar-refractivity contribution < 1.29 is 14.6 Å². The molecule has 0 spiro atoms. The van der Waals surface area contributed by atoms with Gasteiger partial charge in [-0.3, -0.25) is 14.8 Å². The number of benzene rings is 3. The van der Waals surface area contributed by atoms with Crippen LogP contribution in [0.1, 0.15) is 22.3 Å². The van der Waals surface area contributed by atoms with Crippen LogP contribution < -0.4 is 20.7 Å². The Morgan fingerprint density at radius 1 is 0.949 bits per heavy atom. The van der Waals surface area contributed by atoms with Crippen molar-refractivity contribution in [2.45, 2.75) is 13.3 Å². The molecule has 198 valence electrons. The maximum atomic E-state index is 13.1. The first-order valence-electron chi connectivity index (χ1n) is 12.4. The Kier molecular flexibility index (Phi) is 7.05. The standard InChI is InChI=1S/C30H28N4O5/c1-18-4-8-21(9-5-18)34-29(36)26(28(35)33-30(34)37)27(19-6-10-22(38-2)11-7-19)31-15-14-20-17-32-25-13-12-23(39-3)16-24(20)25/h4-13,16-17,32,36H,14-15H2,1-3H3,(H,33,35,37). The van der Waals surface area contributed by atoms with E-state index >= 15 is 0 Å². The highest BCUT2D eigenvalue weighted by molar-refractivity contribution is 6.14. The van der Waals surface area contributed by atoms with Gasteiger partial charge in [-0.1, -0.05) is 17.7 Å². The van der Waals surface area contributed by atoms with Crippen LogP contribution in [0.5, 0.6) is 17.4 Å². The van der Waals surface area contributed by atoms with Crippen LogP contribution >= 0.6 is 0 Å². The van der Waals surface area contributed by atoms with Crippen molar-refractivity contribution in [2.75, 3.05) is 20.8 Å². The summed E-state index contributed by atoms with van der Waals surface area (Å²) in [7, 11) is 3.19. The molecular formula is C30H28N4O5. The lowest BCUT2D eigenvalue weighted by molar-refractivity contribution is 0.415. The number of nitrogens with one attached hydrogen (secondary N) is 2. The van der Waals surface area contributed by atoms with Crippen LogP contribution in [0.15, 0.2) is 87.5 Å². The Labute approximate surface area is 224 Å². The molecule has 3 aromatic carbocycles. The summed E-state index contributed by atoms with van der Waals surface area (Å²) in [4.78, 5) is 36.3. The number of rotatable bonds is 8. The second-order valence-corrected chi connectivity index (χ2v) is 9.06. The van der Waals surface area contributed by atoms with E-state index in [9.17, 15) is 14.7 Å². The maximum absolute atomic E-state index is 13.1. The predicted octanol–water partition coefficient (Wildman–Crippen LogP) is 4.12. The Morgan fingerprint density at radius 3 is 2.33 bits per heavy atom. The Morgan fingerprint density at radius 2 is 1.64 bits per heavy atom. The number of ether oxygens (including phenoxy) is 2. The topological polar surface area (TPSA) is 122 Å². The first-order chi connectivity index (χ1) is 18.9. The minimum absolute atomic E-state index is 0.0964. The third-order valence-corrected chi connectivity index (χ3v) is 6.60. The Hall–Kier alpha value is -5.05. The molecule has 0 atom stereocenters. The van der Waals surface area contributed by atoms with Gasteiger partial charge in [-0.2, -0.15) is 0 Å². The number of methoxy groups -OCH3 is 2. The van der Waals surface area contributed by atoms with Gasteiger partial charge < -0.3 is 19.6 Å². The maximum Gasteiger partial charge on any atom is 0.335 e. The lowest BCUT2D eigenvalue weighted by Gasteiger charge is -2.14. The van der Waals surface area contributed by atoms with E-state index in [2.05, 4.69) is 9.97 Å². The van der Waals surface area contributed by atoms with Gasteiger partial charge in [0.1, 0.15) is 17.1 Å². The summed E-state index contributed by atoms with van der Waals surface area (Å²) < 4.78 is 11.7. The van der Waals surface area contributed by atoms with Gasteiger partial charge in [-0.05, 0) is 73.5 Å². The molecule has 0 amide bonds. The number of aryl methyl sites for hydroxylation is 1. The fourth-order valence-corrected chi connectivity index (χ4v) is 4.51. The molecule has 9 nitrogen and oxygen atoms in total. The number of fused-ring (bicyclic) bond motifs is 1. The number of hydrogen-bond acceptors (Lipinski definition) is 6. The molecule has 0 unspecified atom stereocenters. The van der Waals surface area contributed by atoms with Gasteiger partial charge in [0, 0.05) is 29.2 Å². The van der Waals surface area contributed by atoms with Crippen LogP contribution in [0.2, 0.25) is 0 Å². The van der Waals surface area contributed by atoms with E-state index in [1.807, 2.05) is 43.5 Å². The molecule has 0 aliphatic rings. The number of H-pyrrole nitrogens is 2. The summed E-state index contributed by atoms with van der Waals surface area (Å²) in [5.41, 5.74) is 2.70. The highest BCUT2D eigenvalue weighted by Gasteiger charge is 2.22. The van der Waals surface area contributed by atoms with Crippen LogP contribution in [-0.4, -0.2) is 46.1 Å². The SMILES string of the molecule is COc1ccc(C(=NCCc2c[nH]c3ccc(OC)cc23)c2c(O)n(-c3ccc(C)cc3)c(=O)[nH]c2=O)cc1. The number of nitrogens with zero attached hydrogens (tertiary/aromatic N) is 2. The molecule has 0 saturated carbocycles. The van der Waals surface area contributed by atoms with Crippen molar-refractivity contribution >= 4 is 16.6 Å². The first-order valence-corrected chi connectivity index (χ1v) is 12.4. The van der Waals surface area contributed by atoms with Crippen molar-refractivity contribution in [2.24, 2.45) is 4.99 Å². The number of hydrogen-bond donors (Lipinski definition) is 3. The minimum atomic E-state index is -0.744. The molecule has 0 radical (unpaired) electrons. The van der Waals surface area contributed by atoms with Crippen molar-refractivity contribution in [3.05, 3.63) is 116 Å². The number of aromatic hydroxyl groups is 1. The van der Waals surface area contributed by atoms with Gasteiger partial charge in [-0.15, -0.1) is 0 Å². The van der Waals surface area contributed by atoms with E-state index in [1.54, 1.807) is 50.6 Å². The molecule has 9 heteroatoms. The third kappa shape index (κ3) is 5.06. The molecule has 5 rings (SSSR count). The summed E-state index contributed by atoms with van der Waals surface area (Å²) in [6, 6.07) is 19.9. The quantitative estimate of drug-likeness (QED) is 0.264. The molecule has 0 aliphatic carbocycles. The van der Waals surface area contributed by atoms with Gasteiger partial charge in [0.2, 0.25) is 5.88 Å². The molecule has 0 fully saturated rings.